The first-order valence-electron chi connectivity index (χ1n) is 7.25. The molecule has 1 heterocycles. The van der Waals surface area contributed by atoms with E-state index < -0.39 is 21.6 Å². The Balaban J connectivity index is 2.17. The molecule has 0 aliphatic carbocycles. The molecule has 0 unspecified atom stereocenters. The third-order valence-corrected chi connectivity index (χ3v) is 5.08. The number of ether oxygens (including phenoxy) is 1. The SMILES string of the molecule is Cc1cccc(F)c1C1=C(c2ccc(S(C)(=O)=O)cc2)COC1=O. The molecule has 1 aliphatic heterocycles. The van der Waals surface area contributed by atoms with Crippen molar-refractivity contribution in [2.75, 3.05) is 12.9 Å². The second-order valence-corrected chi connectivity index (χ2v) is 7.67. The van der Waals surface area contributed by atoms with Crippen molar-refractivity contribution in [1.82, 2.24) is 0 Å². The average molecular weight is 346 g/mol. The third kappa shape index (κ3) is 2.85. The summed E-state index contributed by atoms with van der Waals surface area (Å²) in [6.07, 6.45) is 1.12. The van der Waals surface area contributed by atoms with E-state index in [4.69, 9.17) is 4.74 Å². The first-order valence-corrected chi connectivity index (χ1v) is 9.14. The molecule has 0 fully saturated rings. The third-order valence-electron chi connectivity index (χ3n) is 3.96. The van der Waals surface area contributed by atoms with E-state index in [1.807, 2.05) is 0 Å². The van der Waals surface area contributed by atoms with Crippen LogP contribution in [-0.4, -0.2) is 27.2 Å². The molecule has 24 heavy (non-hydrogen) atoms. The van der Waals surface area contributed by atoms with E-state index in [0.717, 1.165) is 6.26 Å². The minimum Gasteiger partial charge on any atom is -0.457 e. The van der Waals surface area contributed by atoms with Crippen LogP contribution in [0, 0.1) is 12.7 Å². The molecule has 2 aromatic carbocycles. The van der Waals surface area contributed by atoms with Crippen LogP contribution in [0.3, 0.4) is 0 Å². The molecule has 0 atom stereocenters. The Morgan fingerprint density at radius 3 is 2.33 bits per heavy atom. The highest BCUT2D eigenvalue weighted by atomic mass is 32.2. The summed E-state index contributed by atoms with van der Waals surface area (Å²) < 4.78 is 42.5. The monoisotopic (exact) mass is 346 g/mol. The highest BCUT2D eigenvalue weighted by Gasteiger charge is 2.30. The predicted molar refractivity (Wildman–Crippen MR) is 88.5 cm³/mol. The fourth-order valence-electron chi connectivity index (χ4n) is 2.74. The Hall–Kier alpha value is -2.47. The van der Waals surface area contributed by atoms with E-state index in [-0.39, 0.29) is 22.6 Å². The Morgan fingerprint density at radius 1 is 1.08 bits per heavy atom. The predicted octanol–water partition coefficient (Wildman–Crippen LogP) is 3.01. The normalized spacial score (nSPS) is 14.9. The van der Waals surface area contributed by atoms with E-state index in [0.29, 0.717) is 16.7 Å². The van der Waals surface area contributed by atoms with Crippen LogP contribution in [0.5, 0.6) is 0 Å². The van der Waals surface area contributed by atoms with Gasteiger partial charge in [0.15, 0.2) is 9.84 Å². The average Bonchev–Trinajstić information content (AvgIpc) is 2.88. The van der Waals surface area contributed by atoms with Crippen molar-refractivity contribution >= 4 is 27.0 Å². The van der Waals surface area contributed by atoms with E-state index in [2.05, 4.69) is 0 Å². The van der Waals surface area contributed by atoms with Gasteiger partial charge in [0.1, 0.15) is 12.4 Å². The van der Waals surface area contributed by atoms with Crippen LogP contribution in [0.1, 0.15) is 16.7 Å². The van der Waals surface area contributed by atoms with Gasteiger partial charge in [-0.05, 0) is 36.2 Å². The first-order chi connectivity index (χ1) is 11.3. The minimum atomic E-state index is -3.31. The zero-order valence-corrected chi connectivity index (χ0v) is 14.0. The van der Waals surface area contributed by atoms with Gasteiger partial charge in [-0.3, -0.25) is 0 Å². The second-order valence-electron chi connectivity index (χ2n) is 5.66. The van der Waals surface area contributed by atoms with Crippen molar-refractivity contribution < 1.29 is 22.3 Å². The lowest BCUT2D eigenvalue weighted by molar-refractivity contribution is -0.133. The second kappa shape index (κ2) is 5.87. The summed E-state index contributed by atoms with van der Waals surface area (Å²) in [4.78, 5) is 12.3. The number of halogens is 1. The van der Waals surface area contributed by atoms with Gasteiger partial charge in [-0.2, -0.15) is 0 Å². The molecule has 0 aromatic heterocycles. The molecule has 0 bridgehead atoms. The summed E-state index contributed by atoms with van der Waals surface area (Å²) in [6, 6.07) is 10.7. The minimum absolute atomic E-state index is 0.0279. The van der Waals surface area contributed by atoms with Crippen LogP contribution in [0.4, 0.5) is 4.39 Å². The van der Waals surface area contributed by atoms with E-state index in [1.165, 1.54) is 18.2 Å². The lowest BCUT2D eigenvalue weighted by atomic mass is 9.93. The van der Waals surface area contributed by atoms with E-state index >= 15 is 0 Å². The smallest absolute Gasteiger partial charge is 0.339 e. The number of aryl methyl sites for hydroxylation is 1. The molecule has 6 heteroatoms. The van der Waals surface area contributed by atoms with Crippen LogP contribution in [-0.2, 0) is 19.4 Å². The van der Waals surface area contributed by atoms with Gasteiger partial charge in [0, 0.05) is 17.4 Å². The number of sulfone groups is 1. The topological polar surface area (TPSA) is 60.4 Å². The highest BCUT2D eigenvalue weighted by molar-refractivity contribution is 7.90. The maximum absolute atomic E-state index is 14.3. The number of cyclic esters (lactones) is 1. The fraction of sp³-hybridized carbons (Fsp3) is 0.167. The largest absolute Gasteiger partial charge is 0.457 e. The van der Waals surface area contributed by atoms with Gasteiger partial charge < -0.3 is 4.74 Å². The summed E-state index contributed by atoms with van der Waals surface area (Å²) in [5.41, 5.74) is 2.23. The van der Waals surface area contributed by atoms with Gasteiger partial charge in [-0.1, -0.05) is 24.3 Å². The summed E-state index contributed by atoms with van der Waals surface area (Å²) in [5.74, 6) is -1.07. The van der Waals surface area contributed by atoms with Crippen LogP contribution < -0.4 is 0 Å². The Labute approximate surface area is 139 Å². The first kappa shape index (κ1) is 16.4. The highest BCUT2D eigenvalue weighted by Crippen LogP contribution is 2.35. The summed E-state index contributed by atoms with van der Waals surface area (Å²) in [5, 5.41) is 0. The Kier molecular flexibility index (Phi) is 4.01. The Morgan fingerprint density at radius 2 is 1.75 bits per heavy atom. The van der Waals surface area contributed by atoms with Crippen LogP contribution in [0.25, 0.3) is 11.1 Å². The molecular weight excluding hydrogens is 331 g/mol. The zero-order valence-electron chi connectivity index (χ0n) is 13.2. The molecule has 4 nitrogen and oxygen atoms in total. The molecule has 0 saturated heterocycles. The van der Waals surface area contributed by atoms with Gasteiger partial charge >= 0.3 is 5.97 Å². The van der Waals surface area contributed by atoms with Crippen molar-refractivity contribution in [3.63, 3.8) is 0 Å². The number of hydrogen-bond donors (Lipinski definition) is 0. The molecule has 2 aromatic rings. The van der Waals surface area contributed by atoms with E-state index in [1.54, 1.807) is 31.2 Å². The lowest BCUT2D eigenvalue weighted by Crippen LogP contribution is -2.03. The number of rotatable bonds is 3. The van der Waals surface area contributed by atoms with Crippen LogP contribution in [0.15, 0.2) is 47.4 Å². The molecular formula is C18H15FO4S. The molecule has 0 N–H and O–H groups in total. The van der Waals surface area contributed by atoms with Crippen molar-refractivity contribution in [2.45, 2.75) is 11.8 Å². The molecule has 0 amide bonds. The van der Waals surface area contributed by atoms with Crippen molar-refractivity contribution in [1.29, 1.82) is 0 Å². The van der Waals surface area contributed by atoms with Gasteiger partial charge in [0.25, 0.3) is 0 Å². The number of carbonyl (C=O) groups excluding carboxylic acids is 1. The number of carbonyl (C=O) groups is 1. The molecule has 124 valence electrons. The van der Waals surface area contributed by atoms with Gasteiger partial charge in [0.2, 0.25) is 0 Å². The van der Waals surface area contributed by atoms with Gasteiger partial charge in [-0.25, -0.2) is 17.6 Å². The summed E-state index contributed by atoms with van der Waals surface area (Å²) in [7, 11) is -3.31. The van der Waals surface area contributed by atoms with Gasteiger partial charge in [0.05, 0.1) is 10.5 Å². The number of benzene rings is 2. The molecule has 3 rings (SSSR count). The quantitative estimate of drug-likeness (QED) is 0.802. The Bertz CT molecular complexity index is 937. The van der Waals surface area contributed by atoms with Crippen molar-refractivity contribution in [3.05, 3.63) is 65.0 Å². The van der Waals surface area contributed by atoms with Crippen LogP contribution in [0.2, 0.25) is 0 Å². The molecule has 1 aliphatic rings. The lowest BCUT2D eigenvalue weighted by Gasteiger charge is -2.09. The fourth-order valence-corrected chi connectivity index (χ4v) is 3.37. The van der Waals surface area contributed by atoms with E-state index in [9.17, 15) is 17.6 Å². The van der Waals surface area contributed by atoms with Gasteiger partial charge in [-0.15, -0.1) is 0 Å². The van der Waals surface area contributed by atoms with Crippen molar-refractivity contribution in [2.24, 2.45) is 0 Å². The standard InChI is InChI=1S/C18H15FO4S/c1-11-4-3-5-15(19)16(11)17-14(10-23-18(17)20)12-6-8-13(9-7-12)24(2,21)22/h3-9H,10H2,1-2H3. The van der Waals surface area contributed by atoms with Crippen molar-refractivity contribution in [3.8, 4) is 0 Å². The molecule has 0 radical (unpaired) electrons. The summed E-state index contributed by atoms with van der Waals surface area (Å²) in [6.45, 7) is 1.75. The summed E-state index contributed by atoms with van der Waals surface area (Å²) >= 11 is 0. The molecule has 0 saturated carbocycles. The number of hydrogen-bond acceptors (Lipinski definition) is 4. The maximum Gasteiger partial charge on any atom is 0.339 e. The maximum atomic E-state index is 14.3. The molecule has 0 spiro atoms. The van der Waals surface area contributed by atoms with Crippen LogP contribution >= 0.6 is 0 Å². The zero-order chi connectivity index (χ0) is 17.5. The number of esters is 1.